The molecule has 1 amide bonds. The summed E-state index contributed by atoms with van der Waals surface area (Å²) in [7, 11) is 1.55. The predicted octanol–water partition coefficient (Wildman–Crippen LogP) is 5.38. The van der Waals surface area contributed by atoms with E-state index >= 15 is 0 Å². The van der Waals surface area contributed by atoms with Crippen LogP contribution < -0.4 is 15.4 Å². The molecule has 1 heterocycles. The summed E-state index contributed by atoms with van der Waals surface area (Å²) in [4.78, 5) is 16.9. The van der Waals surface area contributed by atoms with Crippen molar-refractivity contribution in [3.63, 3.8) is 0 Å². The van der Waals surface area contributed by atoms with Crippen LogP contribution in [0.4, 0.5) is 17.2 Å². The van der Waals surface area contributed by atoms with Crippen LogP contribution in [-0.2, 0) is 5.41 Å². The minimum Gasteiger partial charge on any atom is -0.496 e. The molecule has 0 atom stereocenters. The highest BCUT2D eigenvalue weighted by Crippen LogP contribution is 2.31. The molecule has 5 nitrogen and oxygen atoms in total. The number of methoxy groups -OCH3 is 1. The first-order valence-corrected chi connectivity index (χ1v) is 9.15. The zero-order valence-electron chi connectivity index (χ0n) is 16.6. The van der Waals surface area contributed by atoms with Gasteiger partial charge in [-0.15, -0.1) is 0 Å². The van der Waals surface area contributed by atoms with Gasteiger partial charge in [-0.1, -0.05) is 51.1 Å². The minimum absolute atomic E-state index is 0.0201. The summed E-state index contributed by atoms with van der Waals surface area (Å²) in [6.07, 6.45) is 1.63. The molecule has 0 aliphatic heterocycles. The van der Waals surface area contributed by atoms with E-state index in [1.54, 1.807) is 31.5 Å². The topological polar surface area (TPSA) is 63.2 Å². The van der Waals surface area contributed by atoms with E-state index < -0.39 is 0 Å². The van der Waals surface area contributed by atoms with Crippen LogP contribution in [0.5, 0.6) is 5.75 Å². The Labute approximate surface area is 165 Å². The number of hydrogen-bond acceptors (Lipinski definition) is 4. The number of carbonyl (C=O) groups is 1. The molecular weight excluding hydrogens is 350 g/mol. The Morgan fingerprint density at radius 2 is 1.68 bits per heavy atom. The van der Waals surface area contributed by atoms with Gasteiger partial charge < -0.3 is 15.4 Å². The number of para-hydroxylation sites is 2. The Bertz CT molecular complexity index is 960. The molecule has 5 heteroatoms. The van der Waals surface area contributed by atoms with Gasteiger partial charge in [0.2, 0.25) is 0 Å². The van der Waals surface area contributed by atoms with Crippen molar-refractivity contribution >= 4 is 23.1 Å². The van der Waals surface area contributed by atoms with Crippen molar-refractivity contribution in [1.82, 2.24) is 4.98 Å². The number of ether oxygens (including phenoxy) is 1. The van der Waals surface area contributed by atoms with E-state index in [2.05, 4.69) is 42.5 Å². The number of amides is 1. The predicted molar refractivity (Wildman–Crippen MR) is 114 cm³/mol. The SMILES string of the molecule is COc1ccccc1C(=O)Nc1ccc(Nc2ccccc2C(C)(C)C)nc1. The number of nitrogens with zero attached hydrogens (tertiary/aromatic N) is 1. The van der Waals surface area contributed by atoms with Gasteiger partial charge in [-0.05, 0) is 41.3 Å². The molecule has 0 radical (unpaired) electrons. The molecule has 28 heavy (non-hydrogen) atoms. The van der Waals surface area contributed by atoms with E-state index in [0.29, 0.717) is 22.8 Å². The highest BCUT2D eigenvalue weighted by atomic mass is 16.5. The smallest absolute Gasteiger partial charge is 0.259 e. The van der Waals surface area contributed by atoms with Crippen molar-refractivity contribution in [2.24, 2.45) is 0 Å². The standard InChI is InChI=1S/C23H25N3O2/c1-23(2,3)18-10-6-7-11-19(18)26-21-14-13-16(15-24-21)25-22(27)17-9-5-8-12-20(17)28-4/h5-15H,1-4H3,(H,24,26)(H,25,27). The maximum Gasteiger partial charge on any atom is 0.259 e. The lowest BCUT2D eigenvalue weighted by Crippen LogP contribution is -2.14. The second-order valence-electron chi connectivity index (χ2n) is 7.51. The van der Waals surface area contributed by atoms with Crippen LogP contribution in [0.15, 0.2) is 66.9 Å². The Kier molecular flexibility index (Phi) is 5.64. The quantitative estimate of drug-likeness (QED) is 0.628. The number of rotatable bonds is 5. The zero-order valence-corrected chi connectivity index (χ0v) is 16.6. The summed E-state index contributed by atoms with van der Waals surface area (Å²) in [5, 5.41) is 6.22. The van der Waals surface area contributed by atoms with Crippen LogP contribution in [0.1, 0.15) is 36.7 Å². The molecule has 0 aliphatic carbocycles. The van der Waals surface area contributed by atoms with Gasteiger partial charge >= 0.3 is 0 Å². The molecule has 3 aromatic rings. The third-order valence-corrected chi connectivity index (χ3v) is 4.37. The number of carbonyl (C=O) groups excluding carboxylic acids is 1. The molecule has 0 fully saturated rings. The van der Waals surface area contributed by atoms with Crippen molar-refractivity contribution in [2.75, 3.05) is 17.7 Å². The molecule has 0 aliphatic rings. The van der Waals surface area contributed by atoms with Crippen molar-refractivity contribution in [3.8, 4) is 5.75 Å². The molecule has 2 N–H and O–H groups in total. The number of pyridine rings is 1. The number of anilines is 3. The average Bonchev–Trinajstić information content (AvgIpc) is 2.69. The highest BCUT2D eigenvalue weighted by Gasteiger charge is 2.17. The molecule has 144 valence electrons. The molecule has 3 rings (SSSR count). The number of hydrogen-bond donors (Lipinski definition) is 2. The molecule has 0 saturated carbocycles. The molecule has 1 aromatic heterocycles. The van der Waals surface area contributed by atoms with Crippen LogP contribution in [0.25, 0.3) is 0 Å². The van der Waals surface area contributed by atoms with E-state index in [9.17, 15) is 4.79 Å². The third-order valence-electron chi connectivity index (χ3n) is 4.37. The average molecular weight is 375 g/mol. The summed E-state index contributed by atoms with van der Waals surface area (Å²) in [5.41, 5.74) is 3.35. The van der Waals surface area contributed by atoms with Crippen LogP contribution in [-0.4, -0.2) is 18.0 Å². The zero-order chi connectivity index (χ0) is 20.1. The maximum atomic E-state index is 12.5. The minimum atomic E-state index is -0.238. The van der Waals surface area contributed by atoms with Crippen LogP contribution in [0.3, 0.4) is 0 Å². The van der Waals surface area contributed by atoms with E-state index in [-0.39, 0.29) is 11.3 Å². The Hall–Kier alpha value is -3.34. The monoisotopic (exact) mass is 375 g/mol. The summed E-state index contributed by atoms with van der Waals surface area (Å²) >= 11 is 0. The number of benzene rings is 2. The van der Waals surface area contributed by atoms with Crippen LogP contribution in [0.2, 0.25) is 0 Å². The Morgan fingerprint density at radius 1 is 0.964 bits per heavy atom. The summed E-state index contributed by atoms with van der Waals surface area (Å²) in [5.74, 6) is 1.01. The lowest BCUT2D eigenvalue weighted by Gasteiger charge is -2.23. The largest absolute Gasteiger partial charge is 0.496 e. The lowest BCUT2D eigenvalue weighted by atomic mass is 9.86. The fourth-order valence-electron chi connectivity index (χ4n) is 2.96. The van der Waals surface area contributed by atoms with Gasteiger partial charge in [0.15, 0.2) is 0 Å². The number of aromatic nitrogens is 1. The summed E-state index contributed by atoms with van der Waals surface area (Å²) in [6.45, 7) is 6.53. The number of nitrogens with one attached hydrogen (secondary N) is 2. The first-order valence-electron chi connectivity index (χ1n) is 9.15. The van der Waals surface area contributed by atoms with Crippen molar-refractivity contribution in [3.05, 3.63) is 78.0 Å². The van der Waals surface area contributed by atoms with Gasteiger partial charge in [0.25, 0.3) is 5.91 Å². The van der Waals surface area contributed by atoms with E-state index in [4.69, 9.17) is 4.74 Å². The van der Waals surface area contributed by atoms with E-state index in [1.807, 2.05) is 36.4 Å². The summed E-state index contributed by atoms with van der Waals surface area (Å²) in [6, 6.07) is 19.0. The van der Waals surface area contributed by atoms with Crippen LogP contribution >= 0.6 is 0 Å². The fourth-order valence-corrected chi connectivity index (χ4v) is 2.96. The molecule has 0 saturated heterocycles. The molecular formula is C23H25N3O2. The molecule has 0 spiro atoms. The van der Waals surface area contributed by atoms with Gasteiger partial charge in [0.1, 0.15) is 11.6 Å². The summed E-state index contributed by atoms with van der Waals surface area (Å²) < 4.78 is 5.24. The highest BCUT2D eigenvalue weighted by molar-refractivity contribution is 6.06. The molecule has 2 aromatic carbocycles. The van der Waals surface area contributed by atoms with Gasteiger partial charge in [0, 0.05) is 5.69 Å². The lowest BCUT2D eigenvalue weighted by molar-refractivity contribution is 0.102. The Balaban J connectivity index is 1.74. The third kappa shape index (κ3) is 4.49. The van der Waals surface area contributed by atoms with Gasteiger partial charge in [-0.2, -0.15) is 0 Å². The van der Waals surface area contributed by atoms with Crippen LogP contribution in [0, 0.1) is 0 Å². The normalized spacial score (nSPS) is 11.0. The first kappa shape index (κ1) is 19.4. The van der Waals surface area contributed by atoms with Gasteiger partial charge in [-0.25, -0.2) is 4.98 Å². The first-order chi connectivity index (χ1) is 13.4. The van der Waals surface area contributed by atoms with E-state index in [1.165, 1.54) is 5.56 Å². The van der Waals surface area contributed by atoms with Crippen molar-refractivity contribution < 1.29 is 9.53 Å². The van der Waals surface area contributed by atoms with Gasteiger partial charge in [-0.3, -0.25) is 4.79 Å². The molecule has 0 unspecified atom stereocenters. The molecule has 0 bridgehead atoms. The van der Waals surface area contributed by atoms with Crippen molar-refractivity contribution in [2.45, 2.75) is 26.2 Å². The van der Waals surface area contributed by atoms with E-state index in [0.717, 1.165) is 5.69 Å². The Morgan fingerprint density at radius 3 is 2.36 bits per heavy atom. The second kappa shape index (κ2) is 8.13. The second-order valence-corrected chi connectivity index (χ2v) is 7.51. The fraction of sp³-hybridized carbons (Fsp3) is 0.217. The van der Waals surface area contributed by atoms with Crippen molar-refractivity contribution in [1.29, 1.82) is 0 Å². The van der Waals surface area contributed by atoms with Gasteiger partial charge in [0.05, 0.1) is 24.6 Å². The maximum absolute atomic E-state index is 12.5.